The highest BCUT2D eigenvalue weighted by molar-refractivity contribution is 7.14. The summed E-state index contributed by atoms with van der Waals surface area (Å²) in [5.74, 6) is -0.266. The van der Waals surface area contributed by atoms with E-state index in [0.717, 1.165) is 6.42 Å². The highest BCUT2D eigenvalue weighted by Gasteiger charge is 2.11. The molecule has 0 aliphatic rings. The lowest BCUT2D eigenvalue weighted by atomic mass is 10.3. The van der Waals surface area contributed by atoms with E-state index in [2.05, 4.69) is 15.6 Å². The van der Waals surface area contributed by atoms with E-state index in [0.29, 0.717) is 28.9 Å². The molecule has 22 heavy (non-hydrogen) atoms. The number of carbonyl (C=O) groups excluding carboxylic acids is 2. The summed E-state index contributed by atoms with van der Waals surface area (Å²) in [4.78, 5) is 28.5. The molecule has 0 bridgehead atoms. The van der Waals surface area contributed by atoms with Gasteiger partial charge in [-0.15, -0.1) is 22.7 Å². The van der Waals surface area contributed by atoms with Crippen molar-refractivity contribution < 1.29 is 14.3 Å². The van der Waals surface area contributed by atoms with Crippen LogP contribution in [0.2, 0.25) is 0 Å². The first-order valence-electron chi connectivity index (χ1n) is 6.74. The van der Waals surface area contributed by atoms with Crippen molar-refractivity contribution in [2.24, 2.45) is 0 Å². The van der Waals surface area contributed by atoms with E-state index in [9.17, 15) is 9.59 Å². The van der Waals surface area contributed by atoms with Gasteiger partial charge in [0.15, 0.2) is 5.13 Å². The van der Waals surface area contributed by atoms with Crippen LogP contribution >= 0.6 is 22.7 Å². The number of nitrogens with zero attached hydrogens (tertiary/aromatic N) is 1. The van der Waals surface area contributed by atoms with Gasteiger partial charge in [0.05, 0.1) is 17.0 Å². The molecule has 0 aliphatic carbocycles. The molecular weight excluding hydrogens is 322 g/mol. The van der Waals surface area contributed by atoms with Gasteiger partial charge < -0.3 is 10.1 Å². The average Bonchev–Trinajstić information content (AvgIpc) is 3.15. The summed E-state index contributed by atoms with van der Waals surface area (Å²) in [6, 6.07) is 3.57. The van der Waals surface area contributed by atoms with Crippen LogP contribution in [-0.2, 0) is 16.0 Å². The molecule has 2 aromatic heterocycles. The van der Waals surface area contributed by atoms with Crippen LogP contribution in [0.15, 0.2) is 22.9 Å². The molecule has 0 aliphatic heterocycles. The zero-order chi connectivity index (χ0) is 15.8. The number of hydrogen-bond acceptors (Lipinski definition) is 6. The maximum Gasteiger partial charge on any atom is 0.267 e. The van der Waals surface area contributed by atoms with E-state index in [1.807, 2.05) is 11.4 Å². The van der Waals surface area contributed by atoms with Gasteiger partial charge in [0.1, 0.15) is 0 Å². The van der Waals surface area contributed by atoms with Crippen molar-refractivity contribution in [3.63, 3.8) is 0 Å². The topological polar surface area (TPSA) is 80.3 Å². The summed E-state index contributed by atoms with van der Waals surface area (Å²) in [6.45, 7) is 1.20. The summed E-state index contributed by atoms with van der Waals surface area (Å²) in [6.07, 6.45) is 0.986. The molecule has 0 atom stereocenters. The van der Waals surface area contributed by atoms with Gasteiger partial charge in [-0.1, -0.05) is 6.07 Å². The van der Waals surface area contributed by atoms with Crippen molar-refractivity contribution in [2.45, 2.75) is 12.8 Å². The van der Waals surface area contributed by atoms with E-state index in [1.54, 1.807) is 18.6 Å². The number of amides is 2. The Morgan fingerprint density at radius 3 is 2.95 bits per heavy atom. The summed E-state index contributed by atoms with van der Waals surface area (Å²) >= 11 is 2.68. The standard InChI is InChI=1S/C14H17N3O3S2/c1-20-6-3-5-15-12(18)8-10-9-22-14(16-10)17-13(19)11-4-2-7-21-11/h2,4,7,9H,3,5-6,8H2,1H3,(H,15,18)(H,16,17,19). The molecule has 0 unspecified atom stereocenters. The van der Waals surface area contributed by atoms with Crippen LogP contribution in [0.1, 0.15) is 21.8 Å². The number of ether oxygens (including phenoxy) is 1. The van der Waals surface area contributed by atoms with E-state index in [-0.39, 0.29) is 18.2 Å². The number of carbonyl (C=O) groups is 2. The van der Waals surface area contributed by atoms with Gasteiger partial charge in [-0.05, 0) is 17.9 Å². The number of aromatic nitrogens is 1. The van der Waals surface area contributed by atoms with Gasteiger partial charge in [0, 0.05) is 25.6 Å². The van der Waals surface area contributed by atoms with E-state index in [1.165, 1.54) is 22.7 Å². The number of hydrogen-bond donors (Lipinski definition) is 2. The summed E-state index contributed by atoms with van der Waals surface area (Å²) < 4.78 is 4.91. The molecule has 0 fully saturated rings. The number of thiophene rings is 1. The largest absolute Gasteiger partial charge is 0.385 e. The third-order valence-corrected chi connectivity index (χ3v) is 4.38. The van der Waals surface area contributed by atoms with Crippen molar-refractivity contribution in [2.75, 3.05) is 25.6 Å². The Morgan fingerprint density at radius 2 is 2.23 bits per heavy atom. The Kier molecular flexibility index (Phi) is 6.50. The lowest BCUT2D eigenvalue weighted by Gasteiger charge is -2.03. The van der Waals surface area contributed by atoms with Gasteiger partial charge in [0.2, 0.25) is 5.91 Å². The molecule has 0 aromatic carbocycles. The van der Waals surface area contributed by atoms with Gasteiger partial charge in [-0.2, -0.15) is 0 Å². The molecule has 118 valence electrons. The first-order chi connectivity index (χ1) is 10.7. The van der Waals surface area contributed by atoms with Crippen LogP contribution in [0.25, 0.3) is 0 Å². The monoisotopic (exact) mass is 339 g/mol. The SMILES string of the molecule is COCCCNC(=O)Cc1csc(NC(=O)c2cccs2)n1. The first kappa shape index (κ1) is 16.6. The number of anilines is 1. The minimum absolute atomic E-state index is 0.0856. The molecular formula is C14H17N3O3S2. The number of thiazole rings is 1. The Balaban J connectivity index is 1.78. The number of rotatable bonds is 8. The first-order valence-corrected chi connectivity index (χ1v) is 8.50. The zero-order valence-corrected chi connectivity index (χ0v) is 13.8. The van der Waals surface area contributed by atoms with Gasteiger partial charge in [-0.3, -0.25) is 14.9 Å². The normalized spacial score (nSPS) is 10.4. The summed E-state index contributed by atoms with van der Waals surface area (Å²) in [5.41, 5.74) is 0.649. The number of methoxy groups -OCH3 is 1. The predicted molar refractivity (Wildman–Crippen MR) is 87.6 cm³/mol. The van der Waals surface area contributed by atoms with Crippen molar-refractivity contribution >= 4 is 39.6 Å². The average molecular weight is 339 g/mol. The molecule has 6 nitrogen and oxygen atoms in total. The highest BCUT2D eigenvalue weighted by atomic mass is 32.1. The van der Waals surface area contributed by atoms with E-state index < -0.39 is 0 Å². The lowest BCUT2D eigenvalue weighted by Crippen LogP contribution is -2.26. The lowest BCUT2D eigenvalue weighted by molar-refractivity contribution is -0.120. The molecule has 2 amide bonds. The fourth-order valence-electron chi connectivity index (χ4n) is 1.68. The quantitative estimate of drug-likeness (QED) is 0.722. The van der Waals surface area contributed by atoms with Gasteiger partial charge in [-0.25, -0.2) is 4.98 Å². The Bertz CT molecular complexity index is 611. The molecule has 2 aromatic rings. The molecule has 0 saturated heterocycles. The fourth-order valence-corrected chi connectivity index (χ4v) is 3.01. The van der Waals surface area contributed by atoms with Gasteiger partial charge >= 0.3 is 0 Å². The summed E-state index contributed by atoms with van der Waals surface area (Å²) in [5, 5.41) is 9.65. The highest BCUT2D eigenvalue weighted by Crippen LogP contribution is 2.18. The molecule has 2 heterocycles. The third-order valence-electron chi connectivity index (χ3n) is 2.71. The second-order valence-corrected chi connectivity index (χ2v) is 6.25. The third kappa shape index (κ3) is 5.21. The maximum atomic E-state index is 11.9. The summed E-state index contributed by atoms with van der Waals surface area (Å²) in [7, 11) is 1.63. The molecule has 8 heteroatoms. The predicted octanol–water partition coefficient (Wildman–Crippen LogP) is 2.15. The van der Waals surface area contributed by atoms with Crippen LogP contribution in [0.3, 0.4) is 0 Å². The van der Waals surface area contributed by atoms with Gasteiger partial charge in [0.25, 0.3) is 5.91 Å². The zero-order valence-electron chi connectivity index (χ0n) is 12.1. The van der Waals surface area contributed by atoms with Crippen LogP contribution in [0.5, 0.6) is 0 Å². The molecule has 2 N–H and O–H groups in total. The fraction of sp³-hybridized carbons (Fsp3) is 0.357. The van der Waals surface area contributed by atoms with Crippen LogP contribution in [-0.4, -0.2) is 37.1 Å². The Morgan fingerprint density at radius 1 is 1.36 bits per heavy atom. The molecule has 0 saturated carbocycles. The van der Waals surface area contributed by atoms with Crippen LogP contribution in [0, 0.1) is 0 Å². The Labute approximate surface area is 136 Å². The molecule has 0 radical (unpaired) electrons. The molecule has 2 rings (SSSR count). The van der Waals surface area contributed by atoms with Crippen LogP contribution in [0.4, 0.5) is 5.13 Å². The smallest absolute Gasteiger partial charge is 0.267 e. The van der Waals surface area contributed by atoms with E-state index in [4.69, 9.17) is 4.74 Å². The molecule has 0 spiro atoms. The second-order valence-electron chi connectivity index (χ2n) is 4.45. The second kappa shape index (κ2) is 8.62. The van der Waals surface area contributed by atoms with Crippen molar-refractivity contribution in [3.8, 4) is 0 Å². The van der Waals surface area contributed by atoms with Crippen molar-refractivity contribution in [1.29, 1.82) is 0 Å². The minimum Gasteiger partial charge on any atom is -0.385 e. The Hall–Kier alpha value is -1.77. The van der Waals surface area contributed by atoms with Crippen molar-refractivity contribution in [1.82, 2.24) is 10.3 Å². The maximum absolute atomic E-state index is 11.9. The van der Waals surface area contributed by atoms with E-state index >= 15 is 0 Å². The van der Waals surface area contributed by atoms with Crippen molar-refractivity contribution in [3.05, 3.63) is 33.5 Å². The minimum atomic E-state index is -0.181. The van der Waals surface area contributed by atoms with Crippen LogP contribution < -0.4 is 10.6 Å². The number of nitrogens with one attached hydrogen (secondary N) is 2.